The number of aryl methyl sites for hydroxylation is 1. The van der Waals surface area contributed by atoms with Crippen LogP contribution >= 0.6 is 11.3 Å². The Balaban J connectivity index is 1.65. The molecule has 0 aromatic carbocycles. The van der Waals surface area contributed by atoms with Crippen LogP contribution in [0.4, 0.5) is 0 Å². The molecule has 5 nitrogen and oxygen atoms in total. The maximum atomic E-state index is 5.17. The summed E-state index contributed by atoms with van der Waals surface area (Å²) in [6, 6.07) is 0.453. The standard InChI is InChI=1S/C22H35N5S/c1-16(2)12-25-9-6-22(7-10-25)15-26(14-20-23-8-11-28-20)13-19-21(22)24-18(5)27(19)17(3)4/h8,11,16-17H,6-7,9-10,12-15H2,1-5H3. The quantitative estimate of drug-likeness (QED) is 0.751. The van der Waals surface area contributed by atoms with Crippen LogP contribution in [0.2, 0.25) is 0 Å². The van der Waals surface area contributed by atoms with E-state index in [0.717, 1.165) is 25.6 Å². The maximum absolute atomic E-state index is 5.17. The van der Waals surface area contributed by atoms with Gasteiger partial charge < -0.3 is 9.47 Å². The second-order valence-electron chi connectivity index (χ2n) is 9.46. The molecule has 0 unspecified atom stereocenters. The molecule has 2 aliphatic rings. The van der Waals surface area contributed by atoms with Gasteiger partial charge in [-0.05, 0) is 52.6 Å². The van der Waals surface area contributed by atoms with E-state index in [-0.39, 0.29) is 5.41 Å². The van der Waals surface area contributed by atoms with E-state index >= 15 is 0 Å². The molecule has 1 saturated heterocycles. The van der Waals surface area contributed by atoms with E-state index in [1.54, 1.807) is 11.3 Å². The summed E-state index contributed by atoms with van der Waals surface area (Å²) in [5.41, 5.74) is 3.05. The Morgan fingerprint density at radius 2 is 1.89 bits per heavy atom. The SMILES string of the molecule is Cc1nc2c(n1C(C)C)CN(Cc1nccs1)CC21CCN(CC(C)C)CC1. The van der Waals surface area contributed by atoms with Crippen molar-refractivity contribution in [2.24, 2.45) is 5.92 Å². The highest BCUT2D eigenvalue weighted by Crippen LogP contribution is 2.42. The first-order valence-corrected chi connectivity index (χ1v) is 11.7. The molecule has 154 valence electrons. The van der Waals surface area contributed by atoms with Crippen LogP contribution in [0.5, 0.6) is 0 Å². The van der Waals surface area contributed by atoms with Crippen LogP contribution in [0.15, 0.2) is 11.6 Å². The normalized spacial score (nSPS) is 20.4. The van der Waals surface area contributed by atoms with Gasteiger partial charge in [0, 0.05) is 42.7 Å². The fourth-order valence-corrected chi connectivity index (χ4v) is 5.99. The van der Waals surface area contributed by atoms with Crippen LogP contribution in [0, 0.1) is 12.8 Å². The van der Waals surface area contributed by atoms with E-state index in [4.69, 9.17) is 4.98 Å². The van der Waals surface area contributed by atoms with Crippen LogP contribution in [0.1, 0.15) is 68.8 Å². The van der Waals surface area contributed by atoms with Crippen molar-refractivity contribution in [3.63, 3.8) is 0 Å². The van der Waals surface area contributed by atoms with Gasteiger partial charge in [-0.25, -0.2) is 9.97 Å². The van der Waals surface area contributed by atoms with Gasteiger partial charge in [0.1, 0.15) is 10.8 Å². The second kappa shape index (κ2) is 7.88. The lowest BCUT2D eigenvalue weighted by Crippen LogP contribution is -2.52. The molecule has 0 amide bonds. The van der Waals surface area contributed by atoms with Gasteiger partial charge in [0.25, 0.3) is 0 Å². The van der Waals surface area contributed by atoms with Crippen molar-refractivity contribution in [3.8, 4) is 0 Å². The molecule has 1 fully saturated rings. The van der Waals surface area contributed by atoms with E-state index < -0.39 is 0 Å². The molecule has 2 aromatic heterocycles. The predicted molar refractivity (Wildman–Crippen MR) is 116 cm³/mol. The summed E-state index contributed by atoms with van der Waals surface area (Å²) < 4.78 is 2.48. The lowest BCUT2D eigenvalue weighted by molar-refractivity contribution is 0.0840. The summed E-state index contributed by atoms with van der Waals surface area (Å²) >= 11 is 1.77. The summed E-state index contributed by atoms with van der Waals surface area (Å²) in [6.07, 6.45) is 4.36. The topological polar surface area (TPSA) is 37.2 Å². The maximum Gasteiger partial charge on any atom is 0.107 e. The minimum atomic E-state index is 0.198. The molecule has 1 spiro atoms. The Labute approximate surface area is 173 Å². The van der Waals surface area contributed by atoms with Crippen LogP contribution in [-0.2, 0) is 18.5 Å². The van der Waals surface area contributed by atoms with Crippen molar-refractivity contribution >= 4 is 11.3 Å². The molecule has 6 heteroatoms. The summed E-state index contributed by atoms with van der Waals surface area (Å²) in [4.78, 5) is 15.0. The number of imidazole rings is 1. The largest absolute Gasteiger partial charge is 0.328 e. The third-order valence-electron chi connectivity index (χ3n) is 6.38. The molecule has 0 radical (unpaired) electrons. The van der Waals surface area contributed by atoms with Gasteiger partial charge in [0.15, 0.2) is 0 Å². The highest BCUT2D eigenvalue weighted by atomic mass is 32.1. The third-order valence-corrected chi connectivity index (χ3v) is 7.15. The summed E-state index contributed by atoms with van der Waals surface area (Å²) in [7, 11) is 0. The van der Waals surface area contributed by atoms with Crippen molar-refractivity contribution in [3.05, 3.63) is 33.8 Å². The van der Waals surface area contributed by atoms with Gasteiger partial charge >= 0.3 is 0 Å². The summed E-state index contributed by atoms with van der Waals surface area (Å²) in [5, 5.41) is 3.32. The fraction of sp³-hybridized carbons (Fsp3) is 0.727. The second-order valence-corrected chi connectivity index (χ2v) is 10.4. The number of piperidine rings is 1. The Morgan fingerprint density at radius 3 is 2.50 bits per heavy atom. The van der Waals surface area contributed by atoms with Gasteiger partial charge in [-0.1, -0.05) is 13.8 Å². The van der Waals surface area contributed by atoms with Crippen LogP contribution in [-0.4, -0.2) is 50.5 Å². The van der Waals surface area contributed by atoms with Gasteiger partial charge in [-0.2, -0.15) is 0 Å². The first-order chi connectivity index (χ1) is 13.4. The van der Waals surface area contributed by atoms with Crippen molar-refractivity contribution in [1.82, 2.24) is 24.3 Å². The van der Waals surface area contributed by atoms with Crippen LogP contribution < -0.4 is 0 Å². The lowest BCUT2D eigenvalue weighted by Gasteiger charge is -2.47. The Kier molecular flexibility index (Phi) is 5.64. The number of likely N-dealkylation sites (tertiary alicyclic amines) is 1. The van der Waals surface area contributed by atoms with Gasteiger partial charge in [-0.3, -0.25) is 4.90 Å². The number of hydrogen-bond acceptors (Lipinski definition) is 5. The smallest absolute Gasteiger partial charge is 0.107 e. The lowest BCUT2D eigenvalue weighted by atomic mass is 9.72. The molecule has 0 bridgehead atoms. The van der Waals surface area contributed by atoms with Crippen molar-refractivity contribution in [2.75, 3.05) is 26.2 Å². The zero-order valence-corrected chi connectivity index (χ0v) is 18.9. The molecule has 2 aliphatic heterocycles. The molecule has 0 aliphatic carbocycles. The number of rotatable bonds is 5. The number of fused-ring (bicyclic) bond motifs is 2. The number of thiazole rings is 1. The highest BCUT2D eigenvalue weighted by Gasteiger charge is 2.45. The molecular weight excluding hydrogens is 366 g/mol. The van der Waals surface area contributed by atoms with E-state index in [9.17, 15) is 0 Å². The third kappa shape index (κ3) is 3.79. The van der Waals surface area contributed by atoms with Gasteiger partial charge in [0.05, 0.1) is 17.9 Å². The number of nitrogens with zero attached hydrogens (tertiary/aromatic N) is 5. The minimum absolute atomic E-state index is 0.198. The predicted octanol–water partition coefficient (Wildman–Crippen LogP) is 4.23. The van der Waals surface area contributed by atoms with E-state index in [1.165, 1.54) is 54.7 Å². The molecule has 4 heterocycles. The van der Waals surface area contributed by atoms with Gasteiger partial charge in [-0.15, -0.1) is 11.3 Å². The van der Waals surface area contributed by atoms with Crippen molar-refractivity contribution in [2.45, 2.75) is 72.0 Å². The van der Waals surface area contributed by atoms with Crippen LogP contribution in [0.25, 0.3) is 0 Å². The Hall–Kier alpha value is -1.24. The van der Waals surface area contributed by atoms with E-state index in [1.807, 2.05) is 6.20 Å². The van der Waals surface area contributed by atoms with E-state index in [0.29, 0.717) is 6.04 Å². The highest BCUT2D eigenvalue weighted by molar-refractivity contribution is 7.09. The first-order valence-electron chi connectivity index (χ1n) is 10.8. The summed E-state index contributed by atoms with van der Waals surface area (Å²) in [6.45, 7) is 18.1. The molecule has 4 rings (SSSR count). The Morgan fingerprint density at radius 1 is 1.14 bits per heavy atom. The Bertz CT molecular complexity index is 784. The molecule has 0 N–H and O–H groups in total. The van der Waals surface area contributed by atoms with Crippen LogP contribution in [0.3, 0.4) is 0 Å². The minimum Gasteiger partial charge on any atom is -0.328 e. The molecule has 0 saturated carbocycles. The summed E-state index contributed by atoms with van der Waals surface area (Å²) in [5.74, 6) is 1.92. The van der Waals surface area contributed by atoms with Crippen molar-refractivity contribution < 1.29 is 0 Å². The monoisotopic (exact) mass is 401 g/mol. The first kappa shape index (κ1) is 20.0. The number of hydrogen-bond donors (Lipinski definition) is 0. The molecular formula is C22H35N5S. The average molecular weight is 402 g/mol. The zero-order valence-electron chi connectivity index (χ0n) is 18.1. The average Bonchev–Trinajstić information content (AvgIpc) is 3.24. The fourth-order valence-electron chi connectivity index (χ4n) is 5.33. The number of aromatic nitrogens is 3. The van der Waals surface area contributed by atoms with E-state index in [2.05, 4.69) is 59.3 Å². The zero-order chi connectivity index (χ0) is 19.9. The molecule has 28 heavy (non-hydrogen) atoms. The van der Waals surface area contributed by atoms with Crippen molar-refractivity contribution in [1.29, 1.82) is 0 Å². The molecule has 2 aromatic rings. The van der Waals surface area contributed by atoms with Gasteiger partial charge in [0.2, 0.25) is 0 Å². The molecule has 0 atom stereocenters.